The number of halogens is 1. The minimum Gasteiger partial charge on any atom is -0.297 e. The standard InChI is InChI=1S/C10H10BrNO3S/c11-9-3-1-2-8(4-9)5-12-6-10(13)7-16(12,14)15/h1-4H,5-7H2. The lowest BCUT2D eigenvalue weighted by Crippen LogP contribution is -2.25. The van der Waals surface area contributed by atoms with Crippen molar-refractivity contribution in [1.82, 2.24) is 4.31 Å². The second-order valence-electron chi connectivity index (χ2n) is 3.69. The summed E-state index contributed by atoms with van der Waals surface area (Å²) in [5.41, 5.74) is 0.868. The molecule has 6 heteroatoms. The van der Waals surface area contributed by atoms with Gasteiger partial charge in [-0.05, 0) is 17.7 Å². The van der Waals surface area contributed by atoms with Crippen LogP contribution in [0, 0.1) is 0 Å². The van der Waals surface area contributed by atoms with Gasteiger partial charge in [-0.15, -0.1) is 0 Å². The Morgan fingerprint density at radius 2 is 2.12 bits per heavy atom. The van der Waals surface area contributed by atoms with E-state index in [4.69, 9.17) is 0 Å². The Bertz CT molecular complexity index is 527. The zero-order valence-electron chi connectivity index (χ0n) is 8.39. The van der Waals surface area contributed by atoms with Gasteiger partial charge in [-0.2, -0.15) is 4.31 Å². The first kappa shape index (κ1) is 11.8. The number of rotatable bonds is 2. The van der Waals surface area contributed by atoms with Crippen LogP contribution >= 0.6 is 15.9 Å². The molecule has 0 saturated carbocycles. The highest BCUT2D eigenvalue weighted by Crippen LogP contribution is 2.18. The molecule has 1 aromatic carbocycles. The average molecular weight is 304 g/mol. The van der Waals surface area contributed by atoms with E-state index in [0.29, 0.717) is 0 Å². The third kappa shape index (κ3) is 2.50. The van der Waals surface area contributed by atoms with Gasteiger partial charge < -0.3 is 0 Å². The third-order valence-corrected chi connectivity index (χ3v) is 4.56. The summed E-state index contributed by atoms with van der Waals surface area (Å²) < 4.78 is 25.2. The van der Waals surface area contributed by atoms with Crippen LogP contribution in [0.5, 0.6) is 0 Å². The van der Waals surface area contributed by atoms with Crippen LogP contribution in [-0.4, -0.2) is 30.8 Å². The maximum absolute atomic E-state index is 11.6. The van der Waals surface area contributed by atoms with Crippen LogP contribution in [-0.2, 0) is 21.4 Å². The quantitative estimate of drug-likeness (QED) is 0.824. The first-order valence-corrected chi connectivity index (χ1v) is 7.11. The number of nitrogens with zero attached hydrogens (tertiary/aromatic N) is 1. The molecule has 0 N–H and O–H groups in total. The predicted octanol–water partition coefficient (Wildman–Crippen LogP) is 1.16. The fraction of sp³-hybridized carbons (Fsp3) is 0.300. The second-order valence-corrected chi connectivity index (χ2v) is 6.58. The number of Topliss-reactive ketones (excluding diaryl/α,β-unsaturated/α-hetero) is 1. The molecule has 0 aliphatic carbocycles. The van der Waals surface area contributed by atoms with Gasteiger partial charge in [0.05, 0.1) is 6.54 Å². The normalized spacial score (nSPS) is 20.2. The van der Waals surface area contributed by atoms with E-state index in [1.54, 1.807) is 0 Å². The van der Waals surface area contributed by atoms with Crippen LogP contribution in [0.1, 0.15) is 5.56 Å². The zero-order valence-corrected chi connectivity index (χ0v) is 10.8. The van der Waals surface area contributed by atoms with Gasteiger partial charge in [-0.25, -0.2) is 8.42 Å². The number of sulfonamides is 1. The molecule has 1 aliphatic heterocycles. The predicted molar refractivity (Wildman–Crippen MR) is 63.3 cm³/mol. The zero-order chi connectivity index (χ0) is 11.8. The topological polar surface area (TPSA) is 54.5 Å². The highest BCUT2D eigenvalue weighted by atomic mass is 79.9. The van der Waals surface area contributed by atoms with Gasteiger partial charge in [-0.3, -0.25) is 4.79 Å². The molecule has 4 nitrogen and oxygen atoms in total. The molecule has 0 atom stereocenters. The average Bonchev–Trinajstić information content (AvgIpc) is 2.39. The van der Waals surface area contributed by atoms with Crippen molar-refractivity contribution < 1.29 is 13.2 Å². The molecule has 0 bridgehead atoms. The first-order valence-electron chi connectivity index (χ1n) is 4.71. The summed E-state index contributed by atoms with van der Waals surface area (Å²) in [5, 5.41) is 0. The largest absolute Gasteiger partial charge is 0.297 e. The second kappa shape index (κ2) is 4.27. The Morgan fingerprint density at radius 1 is 1.38 bits per heavy atom. The monoisotopic (exact) mass is 303 g/mol. The highest BCUT2D eigenvalue weighted by molar-refractivity contribution is 9.10. The number of carbonyl (C=O) groups is 1. The maximum Gasteiger partial charge on any atom is 0.222 e. The number of carbonyl (C=O) groups excluding carboxylic acids is 1. The van der Waals surface area contributed by atoms with E-state index in [-0.39, 0.29) is 24.6 Å². The van der Waals surface area contributed by atoms with Gasteiger partial charge in [0.2, 0.25) is 10.0 Å². The Labute approximate surface area is 102 Å². The summed E-state index contributed by atoms with van der Waals surface area (Å²) in [7, 11) is -3.38. The molecule has 1 heterocycles. The van der Waals surface area contributed by atoms with Crippen LogP contribution in [0.25, 0.3) is 0 Å². The van der Waals surface area contributed by atoms with E-state index in [1.807, 2.05) is 24.3 Å². The van der Waals surface area contributed by atoms with Crippen molar-refractivity contribution in [1.29, 1.82) is 0 Å². The van der Waals surface area contributed by atoms with Crippen molar-refractivity contribution in [2.45, 2.75) is 6.54 Å². The number of hydrogen-bond donors (Lipinski definition) is 0. The number of ketones is 1. The molecule has 86 valence electrons. The minimum atomic E-state index is -3.38. The Hall–Kier alpha value is -0.720. The van der Waals surface area contributed by atoms with Gasteiger partial charge in [0.1, 0.15) is 5.75 Å². The SMILES string of the molecule is O=C1CN(Cc2cccc(Br)c2)S(=O)(=O)C1. The highest BCUT2D eigenvalue weighted by Gasteiger charge is 2.34. The van der Waals surface area contributed by atoms with E-state index in [0.717, 1.165) is 10.0 Å². The van der Waals surface area contributed by atoms with Crippen molar-refractivity contribution in [3.63, 3.8) is 0 Å². The van der Waals surface area contributed by atoms with Crippen molar-refractivity contribution in [3.05, 3.63) is 34.3 Å². The van der Waals surface area contributed by atoms with Gasteiger partial charge >= 0.3 is 0 Å². The van der Waals surface area contributed by atoms with Crippen LogP contribution < -0.4 is 0 Å². The lowest BCUT2D eigenvalue weighted by atomic mass is 10.2. The fourth-order valence-electron chi connectivity index (χ4n) is 1.63. The summed E-state index contributed by atoms with van der Waals surface area (Å²) in [6.07, 6.45) is 0. The van der Waals surface area contributed by atoms with E-state index in [2.05, 4.69) is 15.9 Å². The summed E-state index contributed by atoms with van der Waals surface area (Å²) in [6.45, 7) is 0.252. The molecule has 0 unspecified atom stereocenters. The smallest absolute Gasteiger partial charge is 0.222 e. The summed E-state index contributed by atoms with van der Waals surface area (Å²) in [5.74, 6) is -0.601. The van der Waals surface area contributed by atoms with Gasteiger partial charge in [0.25, 0.3) is 0 Å². The molecule has 2 rings (SSSR count). The third-order valence-electron chi connectivity index (χ3n) is 2.34. The molecule has 1 fully saturated rings. The molecular weight excluding hydrogens is 294 g/mol. The summed E-state index contributed by atoms with van der Waals surface area (Å²) in [6, 6.07) is 7.39. The number of hydrogen-bond acceptors (Lipinski definition) is 3. The van der Waals surface area contributed by atoms with E-state index in [1.165, 1.54) is 4.31 Å². The van der Waals surface area contributed by atoms with Gasteiger partial charge in [-0.1, -0.05) is 28.1 Å². The molecule has 0 radical (unpaired) electrons. The van der Waals surface area contributed by atoms with E-state index in [9.17, 15) is 13.2 Å². The molecule has 1 aromatic rings. The van der Waals surface area contributed by atoms with Crippen LogP contribution in [0.15, 0.2) is 28.7 Å². The molecular formula is C10H10BrNO3S. The first-order chi connectivity index (χ1) is 7.47. The summed E-state index contributed by atoms with van der Waals surface area (Å²) in [4.78, 5) is 11.1. The van der Waals surface area contributed by atoms with Crippen LogP contribution in [0.3, 0.4) is 0 Å². The molecule has 16 heavy (non-hydrogen) atoms. The lowest BCUT2D eigenvalue weighted by molar-refractivity contribution is -0.116. The molecule has 1 aliphatic rings. The summed E-state index contributed by atoms with van der Waals surface area (Å²) >= 11 is 3.32. The molecule has 0 amide bonds. The maximum atomic E-state index is 11.6. The minimum absolute atomic E-state index is 0.00511. The Balaban J connectivity index is 2.20. The van der Waals surface area contributed by atoms with Crippen molar-refractivity contribution in [3.8, 4) is 0 Å². The van der Waals surface area contributed by atoms with E-state index < -0.39 is 10.0 Å². The van der Waals surface area contributed by atoms with Crippen LogP contribution in [0.4, 0.5) is 0 Å². The van der Waals surface area contributed by atoms with Crippen molar-refractivity contribution in [2.24, 2.45) is 0 Å². The number of benzene rings is 1. The van der Waals surface area contributed by atoms with Crippen molar-refractivity contribution in [2.75, 3.05) is 12.3 Å². The van der Waals surface area contributed by atoms with Crippen molar-refractivity contribution >= 4 is 31.7 Å². The van der Waals surface area contributed by atoms with Gasteiger partial charge in [0, 0.05) is 11.0 Å². The lowest BCUT2D eigenvalue weighted by Gasteiger charge is -2.13. The van der Waals surface area contributed by atoms with Crippen LogP contribution in [0.2, 0.25) is 0 Å². The van der Waals surface area contributed by atoms with E-state index >= 15 is 0 Å². The Kier molecular flexibility index (Phi) is 3.14. The molecule has 1 saturated heterocycles. The molecule has 0 aromatic heterocycles. The van der Waals surface area contributed by atoms with Gasteiger partial charge in [0.15, 0.2) is 5.78 Å². The fourth-order valence-corrected chi connectivity index (χ4v) is 3.44. The Morgan fingerprint density at radius 3 is 2.69 bits per heavy atom. The molecule has 0 spiro atoms.